The highest BCUT2D eigenvalue weighted by molar-refractivity contribution is 7.11. The van der Waals surface area contributed by atoms with Crippen molar-refractivity contribution in [2.24, 2.45) is 5.73 Å². The van der Waals surface area contributed by atoms with E-state index < -0.39 is 5.60 Å². The summed E-state index contributed by atoms with van der Waals surface area (Å²) >= 11 is 1.65. The van der Waals surface area contributed by atoms with Gasteiger partial charge in [-0.15, -0.1) is 11.3 Å². The zero-order chi connectivity index (χ0) is 11.8. The number of nitrogens with zero attached hydrogens (tertiary/aromatic N) is 1. The van der Waals surface area contributed by atoms with Crippen molar-refractivity contribution in [1.29, 1.82) is 0 Å². The number of hydrogen-bond acceptors (Lipinski definition) is 4. The molecule has 0 radical (unpaired) electrons. The van der Waals surface area contributed by atoms with Gasteiger partial charge in [0.25, 0.3) is 0 Å². The normalized spacial score (nSPS) is 30.9. The molecule has 1 aliphatic carbocycles. The van der Waals surface area contributed by atoms with Crippen LogP contribution in [0, 0.1) is 0 Å². The van der Waals surface area contributed by atoms with Gasteiger partial charge in [-0.3, -0.25) is 0 Å². The van der Waals surface area contributed by atoms with Gasteiger partial charge in [0, 0.05) is 18.2 Å². The molecule has 0 spiro atoms. The molecule has 0 aliphatic heterocycles. The molecule has 4 heteroatoms. The monoisotopic (exact) mass is 240 g/mol. The van der Waals surface area contributed by atoms with E-state index in [2.05, 4.69) is 18.8 Å². The first-order chi connectivity index (χ1) is 7.51. The molecule has 1 heterocycles. The summed E-state index contributed by atoms with van der Waals surface area (Å²) in [7, 11) is 0. The van der Waals surface area contributed by atoms with Gasteiger partial charge >= 0.3 is 0 Å². The number of rotatable bonds is 2. The lowest BCUT2D eigenvalue weighted by atomic mass is 9.82. The molecule has 1 fully saturated rings. The molecule has 0 unspecified atom stereocenters. The molecule has 3 N–H and O–H groups in total. The molecule has 2 rings (SSSR count). The van der Waals surface area contributed by atoms with Gasteiger partial charge in [0.2, 0.25) is 0 Å². The standard InChI is InChI=1S/C12H20N2OS/c1-8(2)11-14-7-10(16-11)12(15)5-3-9(13)4-6-12/h7-9,15H,3-6,13H2,1-2H3. The Labute approximate surface area is 101 Å². The van der Waals surface area contributed by atoms with Crippen LogP contribution in [0.5, 0.6) is 0 Å². The molecule has 1 aliphatic rings. The molecule has 1 aromatic rings. The second-order valence-corrected chi connectivity index (χ2v) is 6.15. The van der Waals surface area contributed by atoms with Crippen LogP contribution in [0.15, 0.2) is 6.20 Å². The number of thiazole rings is 1. The van der Waals surface area contributed by atoms with Crippen LogP contribution in [0.1, 0.15) is 55.3 Å². The second kappa shape index (κ2) is 4.43. The first kappa shape index (κ1) is 12.0. The summed E-state index contributed by atoms with van der Waals surface area (Å²) in [5.41, 5.74) is 5.20. The summed E-state index contributed by atoms with van der Waals surface area (Å²) in [6.45, 7) is 4.26. The lowest BCUT2D eigenvalue weighted by Gasteiger charge is -2.33. The van der Waals surface area contributed by atoms with Gasteiger partial charge in [-0.25, -0.2) is 4.98 Å². The summed E-state index contributed by atoms with van der Waals surface area (Å²) in [6.07, 6.45) is 5.20. The van der Waals surface area contributed by atoms with Crippen LogP contribution < -0.4 is 5.73 Å². The Morgan fingerprint density at radius 1 is 1.50 bits per heavy atom. The van der Waals surface area contributed by atoms with Crippen LogP contribution in [-0.4, -0.2) is 16.1 Å². The van der Waals surface area contributed by atoms with Crippen molar-refractivity contribution in [3.05, 3.63) is 16.1 Å². The van der Waals surface area contributed by atoms with Gasteiger partial charge in [0.1, 0.15) is 5.60 Å². The minimum Gasteiger partial charge on any atom is -0.384 e. The highest BCUT2D eigenvalue weighted by Gasteiger charge is 2.35. The summed E-state index contributed by atoms with van der Waals surface area (Å²) in [5, 5.41) is 11.7. The fourth-order valence-corrected chi connectivity index (χ4v) is 3.20. The summed E-state index contributed by atoms with van der Waals surface area (Å²) in [4.78, 5) is 5.40. The fourth-order valence-electron chi connectivity index (χ4n) is 2.13. The smallest absolute Gasteiger partial charge is 0.100 e. The summed E-state index contributed by atoms with van der Waals surface area (Å²) < 4.78 is 0. The van der Waals surface area contributed by atoms with Gasteiger partial charge in [-0.2, -0.15) is 0 Å². The second-order valence-electron chi connectivity index (χ2n) is 5.09. The van der Waals surface area contributed by atoms with Gasteiger partial charge in [0.05, 0.1) is 9.88 Å². The molecule has 0 bridgehead atoms. The van der Waals surface area contributed by atoms with E-state index in [1.165, 1.54) is 0 Å². The quantitative estimate of drug-likeness (QED) is 0.834. The van der Waals surface area contributed by atoms with Crippen molar-refractivity contribution in [3.8, 4) is 0 Å². The molecular formula is C12H20N2OS. The molecule has 16 heavy (non-hydrogen) atoms. The highest BCUT2D eigenvalue weighted by Crippen LogP contribution is 2.40. The first-order valence-corrected chi connectivity index (χ1v) is 6.77. The Bertz CT molecular complexity index is 354. The van der Waals surface area contributed by atoms with E-state index in [1.807, 2.05) is 6.20 Å². The van der Waals surface area contributed by atoms with E-state index in [1.54, 1.807) is 11.3 Å². The number of nitrogens with two attached hydrogens (primary N) is 1. The summed E-state index contributed by atoms with van der Waals surface area (Å²) in [6, 6.07) is 0.262. The predicted molar refractivity (Wildman–Crippen MR) is 66.5 cm³/mol. The SMILES string of the molecule is CC(C)c1ncc(C2(O)CCC(N)CC2)s1. The number of hydrogen-bond donors (Lipinski definition) is 2. The maximum absolute atomic E-state index is 10.6. The molecule has 90 valence electrons. The molecule has 1 aromatic heterocycles. The summed E-state index contributed by atoms with van der Waals surface area (Å²) in [5.74, 6) is 0.438. The van der Waals surface area contributed by atoms with Crippen LogP contribution in [0.3, 0.4) is 0 Å². The van der Waals surface area contributed by atoms with E-state index in [4.69, 9.17) is 5.73 Å². The van der Waals surface area contributed by atoms with E-state index in [9.17, 15) is 5.11 Å². The Balaban J connectivity index is 2.16. The van der Waals surface area contributed by atoms with Gasteiger partial charge in [-0.05, 0) is 25.7 Å². The number of aromatic nitrogens is 1. The zero-order valence-electron chi connectivity index (χ0n) is 9.94. The Kier molecular flexibility index (Phi) is 3.33. The third-order valence-corrected chi connectivity index (χ3v) is 4.82. The van der Waals surface area contributed by atoms with E-state index in [0.29, 0.717) is 5.92 Å². The van der Waals surface area contributed by atoms with Crippen LogP contribution in [0.25, 0.3) is 0 Å². The maximum Gasteiger partial charge on any atom is 0.100 e. The zero-order valence-corrected chi connectivity index (χ0v) is 10.8. The molecular weight excluding hydrogens is 220 g/mol. The van der Waals surface area contributed by atoms with Crippen molar-refractivity contribution >= 4 is 11.3 Å². The lowest BCUT2D eigenvalue weighted by Crippen LogP contribution is -2.36. The first-order valence-electron chi connectivity index (χ1n) is 5.95. The molecule has 3 nitrogen and oxygen atoms in total. The van der Waals surface area contributed by atoms with Crippen LogP contribution in [-0.2, 0) is 5.60 Å². The highest BCUT2D eigenvalue weighted by atomic mass is 32.1. The fraction of sp³-hybridized carbons (Fsp3) is 0.750. The third-order valence-electron chi connectivity index (χ3n) is 3.33. The average molecular weight is 240 g/mol. The minimum atomic E-state index is -0.666. The van der Waals surface area contributed by atoms with Crippen LogP contribution in [0.4, 0.5) is 0 Å². The van der Waals surface area contributed by atoms with E-state index in [0.717, 1.165) is 35.6 Å². The topological polar surface area (TPSA) is 59.1 Å². The Hall–Kier alpha value is -0.450. The third kappa shape index (κ3) is 2.29. The minimum absolute atomic E-state index is 0.262. The van der Waals surface area contributed by atoms with Crippen molar-refractivity contribution in [2.45, 2.75) is 57.1 Å². The Morgan fingerprint density at radius 2 is 2.12 bits per heavy atom. The van der Waals surface area contributed by atoms with Crippen molar-refractivity contribution in [1.82, 2.24) is 4.98 Å². The maximum atomic E-state index is 10.6. The molecule has 0 aromatic carbocycles. The van der Waals surface area contributed by atoms with Gasteiger partial charge in [-0.1, -0.05) is 13.8 Å². The van der Waals surface area contributed by atoms with Crippen LogP contribution in [0.2, 0.25) is 0 Å². The lowest BCUT2D eigenvalue weighted by molar-refractivity contribution is -0.00175. The molecule has 0 amide bonds. The average Bonchev–Trinajstić information content (AvgIpc) is 2.72. The molecule has 0 saturated heterocycles. The van der Waals surface area contributed by atoms with Crippen LogP contribution >= 0.6 is 11.3 Å². The van der Waals surface area contributed by atoms with Gasteiger partial charge in [0.15, 0.2) is 0 Å². The van der Waals surface area contributed by atoms with E-state index >= 15 is 0 Å². The van der Waals surface area contributed by atoms with Crippen molar-refractivity contribution in [2.75, 3.05) is 0 Å². The van der Waals surface area contributed by atoms with Gasteiger partial charge < -0.3 is 10.8 Å². The number of aliphatic hydroxyl groups is 1. The predicted octanol–water partition coefficient (Wildman–Crippen LogP) is 2.36. The van der Waals surface area contributed by atoms with Crippen molar-refractivity contribution in [3.63, 3.8) is 0 Å². The van der Waals surface area contributed by atoms with Crippen molar-refractivity contribution < 1.29 is 5.11 Å². The Morgan fingerprint density at radius 3 is 2.62 bits per heavy atom. The molecule has 1 saturated carbocycles. The largest absolute Gasteiger partial charge is 0.384 e. The van der Waals surface area contributed by atoms with E-state index in [-0.39, 0.29) is 6.04 Å². The molecule has 0 atom stereocenters.